The van der Waals surface area contributed by atoms with Crippen LogP contribution in [0.4, 0.5) is 15.9 Å². The molecule has 8 heteroatoms. The van der Waals surface area contributed by atoms with Gasteiger partial charge in [-0.2, -0.15) is 0 Å². The molecule has 0 aliphatic heterocycles. The highest BCUT2D eigenvalue weighted by atomic mass is 35.5. The van der Waals surface area contributed by atoms with Crippen LogP contribution in [0.1, 0.15) is 31.9 Å². The molecule has 0 aliphatic rings. The van der Waals surface area contributed by atoms with E-state index in [1.807, 2.05) is 69.3 Å². The topological polar surface area (TPSA) is 73.3 Å². The van der Waals surface area contributed by atoms with Crippen LogP contribution < -0.4 is 10.1 Å². The molecule has 1 heterocycles. The fourth-order valence-corrected chi connectivity index (χ4v) is 4.51. The standard InChI is InChI=1S/C34H29ClFN3O3/c1-34(2,3)42-32(40)15-10-22-6-4-8-24(16-22)25-11-13-30-28(18-25)33(38-21-37-30)39-27-12-14-31(29(35)19-27)41-20-23-7-5-9-26(36)17-23/h4-19,21H,20H2,1-3H3,(H,37,38,39)/b15-10+. The normalized spacial score (nSPS) is 11.5. The van der Waals surface area contributed by atoms with E-state index in [9.17, 15) is 9.18 Å². The van der Waals surface area contributed by atoms with Gasteiger partial charge in [0.15, 0.2) is 0 Å². The Morgan fingerprint density at radius 3 is 2.55 bits per heavy atom. The van der Waals surface area contributed by atoms with Gasteiger partial charge >= 0.3 is 5.97 Å². The summed E-state index contributed by atoms with van der Waals surface area (Å²) < 4.78 is 24.6. The molecule has 0 spiro atoms. The van der Waals surface area contributed by atoms with Crippen molar-refractivity contribution in [2.75, 3.05) is 5.32 Å². The summed E-state index contributed by atoms with van der Waals surface area (Å²) >= 11 is 6.50. The molecule has 0 bridgehead atoms. The lowest BCUT2D eigenvalue weighted by Crippen LogP contribution is -2.22. The Kier molecular flexibility index (Phi) is 8.50. The average Bonchev–Trinajstić information content (AvgIpc) is 2.95. The smallest absolute Gasteiger partial charge is 0.331 e. The largest absolute Gasteiger partial charge is 0.487 e. The van der Waals surface area contributed by atoms with Gasteiger partial charge in [0, 0.05) is 17.1 Å². The number of rotatable bonds is 8. The molecule has 1 aromatic heterocycles. The summed E-state index contributed by atoms with van der Waals surface area (Å²) in [4.78, 5) is 21.0. The zero-order chi connectivity index (χ0) is 29.7. The Hall–Kier alpha value is -4.75. The van der Waals surface area contributed by atoms with Crippen molar-refractivity contribution in [2.45, 2.75) is 33.0 Å². The number of fused-ring (bicyclic) bond motifs is 1. The Morgan fingerprint density at radius 2 is 1.76 bits per heavy atom. The minimum Gasteiger partial charge on any atom is -0.487 e. The van der Waals surface area contributed by atoms with E-state index in [2.05, 4.69) is 15.3 Å². The highest BCUT2D eigenvalue weighted by Crippen LogP contribution is 2.32. The molecule has 42 heavy (non-hydrogen) atoms. The lowest BCUT2D eigenvalue weighted by Gasteiger charge is -2.17. The Bertz CT molecular complexity index is 1780. The molecule has 0 saturated heterocycles. The Balaban J connectivity index is 1.35. The van der Waals surface area contributed by atoms with Crippen molar-refractivity contribution in [3.05, 3.63) is 119 Å². The summed E-state index contributed by atoms with van der Waals surface area (Å²) in [6.45, 7) is 5.70. The van der Waals surface area contributed by atoms with E-state index in [0.717, 1.165) is 33.3 Å². The summed E-state index contributed by atoms with van der Waals surface area (Å²) in [7, 11) is 0. The fraction of sp³-hybridized carbons (Fsp3) is 0.147. The second-order valence-corrected chi connectivity index (χ2v) is 11.0. The number of halogens is 2. The minimum absolute atomic E-state index is 0.196. The number of ether oxygens (including phenoxy) is 2. The number of esters is 1. The van der Waals surface area contributed by atoms with Crippen LogP contribution in [0.25, 0.3) is 28.1 Å². The summed E-state index contributed by atoms with van der Waals surface area (Å²) in [5.74, 6) is 0.400. The first-order chi connectivity index (χ1) is 20.1. The van der Waals surface area contributed by atoms with Gasteiger partial charge in [0.25, 0.3) is 0 Å². The van der Waals surface area contributed by atoms with Gasteiger partial charge in [-0.3, -0.25) is 0 Å². The van der Waals surface area contributed by atoms with E-state index in [1.165, 1.54) is 24.5 Å². The molecule has 5 aromatic rings. The van der Waals surface area contributed by atoms with Crippen LogP contribution in [-0.2, 0) is 16.1 Å². The van der Waals surface area contributed by atoms with E-state index in [0.29, 0.717) is 22.2 Å². The van der Waals surface area contributed by atoms with Crippen LogP contribution in [0.5, 0.6) is 5.75 Å². The average molecular weight is 582 g/mol. The van der Waals surface area contributed by atoms with Crippen molar-refractivity contribution in [3.8, 4) is 16.9 Å². The number of carbonyl (C=O) groups is 1. The maximum atomic E-state index is 13.5. The van der Waals surface area contributed by atoms with E-state index in [1.54, 1.807) is 30.3 Å². The fourth-order valence-electron chi connectivity index (χ4n) is 4.28. The van der Waals surface area contributed by atoms with Crippen molar-refractivity contribution < 1.29 is 18.7 Å². The van der Waals surface area contributed by atoms with Crippen LogP contribution >= 0.6 is 11.6 Å². The van der Waals surface area contributed by atoms with Crippen LogP contribution in [0.2, 0.25) is 5.02 Å². The zero-order valence-electron chi connectivity index (χ0n) is 23.4. The van der Waals surface area contributed by atoms with Crippen molar-refractivity contribution in [1.29, 1.82) is 0 Å². The van der Waals surface area contributed by atoms with Crippen LogP contribution in [0, 0.1) is 5.82 Å². The summed E-state index contributed by atoms with van der Waals surface area (Å²) in [5.41, 5.74) is 4.47. The molecule has 0 fully saturated rings. The molecule has 6 nitrogen and oxygen atoms in total. The molecule has 212 valence electrons. The number of hydrogen-bond donors (Lipinski definition) is 1. The Morgan fingerprint density at radius 1 is 0.952 bits per heavy atom. The highest BCUT2D eigenvalue weighted by molar-refractivity contribution is 6.32. The molecule has 4 aromatic carbocycles. The third-order valence-electron chi connectivity index (χ3n) is 6.15. The summed E-state index contributed by atoms with van der Waals surface area (Å²) in [5, 5.41) is 4.57. The molecular weight excluding hydrogens is 553 g/mol. The Labute approximate surface area is 248 Å². The second kappa shape index (κ2) is 12.4. The maximum Gasteiger partial charge on any atom is 0.331 e. The van der Waals surface area contributed by atoms with Crippen molar-refractivity contribution >= 4 is 46.1 Å². The molecule has 5 rings (SSSR count). The lowest BCUT2D eigenvalue weighted by molar-refractivity contribution is -0.148. The van der Waals surface area contributed by atoms with Crippen LogP contribution in [-0.4, -0.2) is 21.5 Å². The predicted molar refractivity (Wildman–Crippen MR) is 165 cm³/mol. The SMILES string of the molecule is CC(C)(C)OC(=O)/C=C/c1cccc(-c2ccc3ncnc(Nc4ccc(OCc5cccc(F)c5)c(Cl)c4)c3c2)c1. The third kappa shape index (κ3) is 7.50. The lowest BCUT2D eigenvalue weighted by atomic mass is 10.0. The number of carbonyl (C=O) groups excluding carboxylic acids is 1. The van der Waals surface area contributed by atoms with E-state index in [4.69, 9.17) is 21.1 Å². The minimum atomic E-state index is -0.548. The number of nitrogens with one attached hydrogen (secondary N) is 1. The van der Waals surface area contributed by atoms with Crippen molar-refractivity contribution in [2.24, 2.45) is 0 Å². The first-order valence-corrected chi connectivity index (χ1v) is 13.7. The van der Waals surface area contributed by atoms with E-state index >= 15 is 0 Å². The van der Waals surface area contributed by atoms with Gasteiger partial charge in [0.1, 0.15) is 35.9 Å². The quantitative estimate of drug-likeness (QED) is 0.146. The van der Waals surface area contributed by atoms with Gasteiger partial charge < -0.3 is 14.8 Å². The molecule has 0 unspecified atom stereocenters. The number of hydrogen-bond acceptors (Lipinski definition) is 6. The van der Waals surface area contributed by atoms with Crippen molar-refractivity contribution in [3.63, 3.8) is 0 Å². The van der Waals surface area contributed by atoms with E-state index in [-0.39, 0.29) is 12.4 Å². The van der Waals surface area contributed by atoms with Gasteiger partial charge in [-0.25, -0.2) is 19.2 Å². The second-order valence-electron chi connectivity index (χ2n) is 10.6. The number of nitrogens with zero attached hydrogens (tertiary/aromatic N) is 2. The van der Waals surface area contributed by atoms with Crippen molar-refractivity contribution in [1.82, 2.24) is 9.97 Å². The molecule has 0 radical (unpaired) electrons. The highest BCUT2D eigenvalue weighted by Gasteiger charge is 2.14. The summed E-state index contributed by atoms with van der Waals surface area (Å²) in [6, 6.07) is 25.4. The summed E-state index contributed by atoms with van der Waals surface area (Å²) in [6.07, 6.45) is 4.68. The molecule has 0 aliphatic carbocycles. The van der Waals surface area contributed by atoms with Crippen LogP contribution in [0.15, 0.2) is 97.3 Å². The van der Waals surface area contributed by atoms with Gasteiger partial charge in [-0.1, -0.05) is 48.0 Å². The van der Waals surface area contributed by atoms with Crippen LogP contribution in [0.3, 0.4) is 0 Å². The molecule has 0 saturated carbocycles. The number of benzene rings is 4. The molecule has 1 N–H and O–H groups in total. The maximum absolute atomic E-state index is 13.5. The number of aromatic nitrogens is 2. The van der Waals surface area contributed by atoms with Gasteiger partial charge in [0.05, 0.1) is 10.5 Å². The monoisotopic (exact) mass is 581 g/mol. The molecule has 0 atom stereocenters. The number of anilines is 2. The molecule has 0 amide bonds. The predicted octanol–water partition coefficient (Wildman–Crippen LogP) is 8.77. The third-order valence-corrected chi connectivity index (χ3v) is 6.45. The van der Waals surface area contributed by atoms with Gasteiger partial charge in [-0.05, 0) is 97.6 Å². The first-order valence-electron chi connectivity index (χ1n) is 13.3. The van der Waals surface area contributed by atoms with E-state index < -0.39 is 11.6 Å². The first kappa shape index (κ1) is 28.8. The molecular formula is C34H29ClFN3O3. The van der Waals surface area contributed by atoms with Gasteiger partial charge in [0.2, 0.25) is 0 Å². The zero-order valence-corrected chi connectivity index (χ0v) is 24.2. The van der Waals surface area contributed by atoms with Gasteiger partial charge in [-0.15, -0.1) is 0 Å².